The summed E-state index contributed by atoms with van der Waals surface area (Å²) in [5.41, 5.74) is 0.943. The van der Waals surface area contributed by atoms with Gasteiger partial charge in [-0.2, -0.15) is 0 Å². The lowest BCUT2D eigenvalue weighted by Gasteiger charge is -2.43. The Morgan fingerprint density at radius 1 is 1.14 bits per heavy atom. The maximum absolute atomic E-state index is 14.4. The van der Waals surface area contributed by atoms with Crippen LogP contribution in [0.25, 0.3) is 0 Å². The first-order valence-corrected chi connectivity index (χ1v) is 7.57. The Bertz CT molecular complexity index is 485. The fraction of sp³-hybridized carbons (Fsp3) is 0.625. The third kappa shape index (κ3) is 3.22. The van der Waals surface area contributed by atoms with Crippen LogP contribution in [0.15, 0.2) is 12.1 Å². The smallest absolute Gasteiger partial charge is 0.163 e. The minimum absolute atomic E-state index is 0. The fourth-order valence-corrected chi connectivity index (χ4v) is 3.35. The van der Waals surface area contributed by atoms with Gasteiger partial charge in [0.25, 0.3) is 0 Å². The SMILES string of the molecule is Cc1ccc([C@H](C2CCC2)N2CCNCC2)c(F)c1F.Cl. The minimum Gasteiger partial charge on any atom is -0.314 e. The number of halogens is 3. The summed E-state index contributed by atoms with van der Waals surface area (Å²) in [7, 11) is 0. The van der Waals surface area contributed by atoms with E-state index in [1.54, 1.807) is 19.1 Å². The van der Waals surface area contributed by atoms with Crippen LogP contribution in [0.5, 0.6) is 0 Å². The minimum atomic E-state index is -0.679. The Morgan fingerprint density at radius 2 is 1.81 bits per heavy atom. The summed E-state index contributed by atoms with van der Waals surface area (Å²) in [6.07, 6.45) is 3.47. The third-order valence-electron chi connectivity index (χ3n) is 4.77. The Balaban J connectivity index is 0.00000161. The highest BCUT2D eigenvalue weighted by molar-refractivity contribution is 5.85. The van der Waals surface area contributed by atoms with Gasteiger partial charge in [-0.05, 0) is 31.2 Å². The molecule has 1 N–H and O–H groups in total. The van der Waals surface area contributed by atoms with Crippen molar-refractivity contribution in [2.75, 3.05) is 26.2 Å². The third-order valence-corrected chi connectivity index (χ3v) is 4.77. The molecule has 0 bridgehead atoms. The number of hydrogen-bond donors (Lipinski definition) is 1. The van der Waals surface area contributed by atoms with Crippen molar-refractivity contribution in [1.29, 1.82) is 0 Å². The molecule has 2 fully saturated rings. The number of nitrogens with zero attached hydrogens (tertiary/aromatic N) is 1. The van der Waals surface area contributed by atoms with Gasteiger partial charge in [-0.1, -0.05) is 18.6 Å². The molecule has 0 spiro atoms. The molecule has 21 heavy (non-hydrogen) atoms. The average Bonchev–Trinajstić information content (AvgIpc) is 2.42. The Kier molecular flexibility index (Phi) is 5.58. The molecule has 1 aromatic rings. The molecule has 1 saturated carbocycles. The number of aryl methyl sites for hydroxylation is 1. The molecule has 1 atom stereocenters. The van der Waals surface area contributed by atoms with Crippen molar-refractivity contribution in [3.63, 3.8) is 0 Å². The van der Waals surface area contributed by atoms with E-state index >= 15 is 0 Å². The normalized spacial score (nSPS) is 21.5. The summed E-state index contributed by atoms with van der Waals surface area (Å²) >= 11 is 0. The molecule has 2 nitrogen and oxygen atoms in total. The van der Waals surface area contributed by atoms with E-state index in [0.29, 0.717) is 17.0 Å². The summed E-state index contributed by atoms with van der Waals surface area (Å²) in [6, 6.07) is 3.54. The average molecular weight is 317 g/mol. The molecule has 0 unspecified atom stereocenters. The van der Waals surface area contributed by atoms with Gasteiger partial charge in [-0.3, -0.25) is 4.90 Å². The molecule has 1 aromatic carbocycles. The van der Waals surface area contributed by atoms with Crippen LogP contribution < -0.4 is 5.32 Å². The van der Waals surface area contributed by atoms with Crippen molar-refractivity contribution in [1.82, 2.24) is 10.2 Å². The lowest BCUT2D eigenvalue weighted by Crippen LogP contribution is -2.48. The quantitative estimate of drug-likeness (QED) is 0.919. The number of nitrogens with one attached hydrogen (secondary N) is 1. The van der Waals surface area contributed by atoms with Gasteiger partial charge in [0, 0.05) is 37.8 Å². The number of piperazine rings is 1. The summed E-state index contributed by atoms with van der Waals surface area (Å²) in [4.78, 5) is 2.33. The Hall–Kier alpha value is -0.710. The molecule has 0 amide bonds. The fourth-order valence-electron chi connectivity index (χ4n) is 3.35. The molecule has 0 radical (unpaired) electrons. The predicted molar refractivity (Wildman–Crippen MR) is 82.9 cm³/mol. The molecule has 0 aromatic heterocycles. The van der Waals surface area contributed by atoms with Crippen LogP contribution in [0.3, 0.4) is 0 Å². The van der Waals surface area contributed by atoms with E-state index in [4.69, 9.17) is 0 Å². The highest BCUT2D eigenvalue weighted by atomic mass is 35.5. The predicted octanol–water partition coefficient (Wildman–Crippen LogP) is 3.44. The van der Waals surface area contributed by atoms with Gasteiger partial charge in [0.05, 0.1) is 0 Å². The van der Waals surface area contributed by atoms with Crippen molar-refractivity contribution >= 4 is 12.4 Å². The van der Waals surface area contributed by atoms with Crippen molar-refractivity contribution in [2.45, 2.75) is 32.2 Å². The van der Waals surface area contributed by atoms with E-state index in [2.05, 4.69) is 10.2 Å². The molecule has 1 saturated heterocycles. The van der Waals surface area contributed by atoms with Gasteiger partial charge >= 0.3 is 0 Å². The van der Waals surface area contributed by atoms with Gasteiger partial charge in [0.2, 0.25) is 0 Å². The highest BCUT2D eigenvalue weighted by Crippen LogP contribution is 2.42. The maximum atomic E-state index is 14.4. The number of hydrogen-bond acceptors (Lipinski definition) is 2. The van der Waals surface area contributed by atoms with Crippen LogP contribution in [-0.4, -0.2) is 31.1 Å². The topological polar surface area (TPSA) is 15.3 Å². The van der Waals surface area contributed by atoms with E-state index in [0.717, 1.165) is 39.0 Å². The first kappa shape index (κ1) is 16.7. The standard InChI is InChI=1S/C16H22F2N2.ClH/c1-11-5-6-13(15(18)14(11)17)16(12-3-2-4-12)20-9-7-19-8-10-20;/h5-6,12,16,19H,2-4,7-10H2,1H3;1H/t16-;/m0./s1. The zero-order chi connectivity index (χ0) is 14.1. The molecule has 118 valence electrons. The van der Waals surface area contributed by atoms with Crippen LogP contribution in [-0.2, 0) is 0 Å². The molecule has 2 aliphatic rings. The van der Waals surface area contributed by atoms with E-state index in [9.17, 15) is 8.78 Å². The van der Waals surface area contributed by atoms with Crippen molar-refractivity contribution in [2.24, 2.45) is 5.92 Å². The van der Waals surface area contributed by atoms with E-state index in [1.165, 1.54) is 6.42 Å². The second-order valence-corrected chi connectivity index (χ2v) is 6.02. The van der Waals surface area contributed by atoms with E-state index in [-0.39, 0.29) is 18.4 Å². The Morgan fingerprint density at radius 3 is 2.38 bits per heavy atom. The van der Waals surface area contributed by atoms with Crippen LogP contribution in [0.1, 0.15) is 36.4 Å². The molecular formula is C16H23ClF2N2. The molecule has 1 heterocycles. The summed E-state index contributed by atoms with van der Waals surface area (Å²) in [5.74, 6) is -0.841. The summed E-state index contributed by atoms with van der Waals surface area (Å²) in [6.45, 7) is 5.30. The summed E-state index contributed by atoms with van der Waals surface area (Å²) < 4.78 is 28.3. The van der Waals surface area contributed by atoms with Crippen LogP contribution >= 0.6 is 12.4 Å². The monoisotopic (exact) mass is 316 g/mol. The molecule has 5 heteroatoms. The summed E-state index contributed by atoms with van der Waals surface area (Å²) in [5, 5.41) is 3.32. The van der Waals surface area contributed by atoms with Crippen molar-refractivity contribution < 1.29 is 8.78 Å². The second kappa shape index (κ2) is 7.03. The molecular weight excluding hydrogens is 294 g/mol. The van der Waals surface area contributed by atoms with Crippen LogP contribution in [0, 0.1) is 24.5 Å². The van der Waals surface area contributed by atoms with Gasteiger partial charge < -0.3 is 5.32 Å². The lowest BCUT2D eigenvalue weighted by molar-refractivity contribution is 0.0806. The second-order valence-electron chi connectivity index (χ2n) is 6.02. The Labute approximate surface area is 131 Å². The zero-order valence-corrected chi connectivity index (χ0v) is 13.2. The number of rotatable bonds is 3. The molecule has 1 aliphatic carbocycles. The van der Waals surface area contributed by atoms with Crippen molar-refractivity contribution in [3.05, 3.63) is 34.9 Å². The maximum Gasteiger partial charge on any atom is 0.163 e. The lowest BCUT2D eigenvalue weighted by atomic mass is 9.76. The van der Waals surface area contributed by atoms with Gasteiger partial charge in [0.15, 0.2) is 11.6 Å². The van der Waals surface area contributed by atoms with E-state index in [1.807, 2.05) is 0 Å². The first-order valence-electron chi connectivity index (χ1n) is 7.57. The van der Waals surface area contributed by atoms with E-state index < -0.39 is 11.6 Å². The largest absolute Gasteiger partial charge is 0.314 e. The van der Waals surface area contributed by atoms with Crippen LogP contribution in [0.2, 0.25) is 0 Å². The highest BCUT2D eigenvalue weighted by Gasteiger charge is 2.35. The van der Waals surface area contributed by atoms with Crippen LogP contribution in [0.4, 0.5) is 8.78 Å². The molecule has 1 aliphatic heterocycles. The number of benzene rings is 1. The van der Waals surface area contributed by atoms with Gasteiger partial charge in [-0.15, -0.1) is 12.4 Å². The first-order chi connectivity index (χ1) is 9.68. The van der Waals surface area contributed by atoms with Gasteiger partial charge in [-0.25, -0.2) is 8.78 Å². The molecule has 3 rings (SSSR count). The van der Waals surface area contributed by atoms with Gasteiger partial charge in [0.1, 0.15) is 0 Å². The zero-order valence-electron chi connectivity index (χ0n) is 12.4. The van der Waals surface area contributed by atoms with Crippen molar-refractivity contribution in [3.8, 4) is 0 Å².